The van der Waals surface area contributed by atoms with Gasteiger partial charge in [-0.2, -0.15) is 0 Å². The fourth-order valence-electron chi connectivity index (χ4n) is 1.41. The molecule has 0 unspecified atom stereocenters. The van der Waals surface area contributed by atoms with Gasteiger partial charge in [-0.25, -0.2) is 9.97 Å². The molecule has 0 fully saturated rings. The number of hydrogen-bond acceptors (Lipinski definition) is 3. The smallest absolute Gasteiger partial charge is 0.115 e. The van der Waals surface area contributed by atoms with Gasteiger partial charge in [-0.05, 0) is 7.05 Å². The van der Waals surface area contributed by atoms with Gasteiger partial charge in [-0.1, -0.05) is 26.7 Å². The first-order valence-corrected chi connectivity index (χ1v) is 5.74. The predicted molar refractivity (Wildman–Crippen MR) is 62.7 cm³/mol. The molecule has 1 aliphatic rings. The molecule has 0 amide bonds. The van der Waals surface area contributed by atoms with Crippen molar-refractivity contribution in [3.63, 3.8) is 0 Å². The molecule has 3 nitrogen and oxygen atoms in total. The number of rotatable bonds is 1. The van der Waals surface area contributed by atoms with E-state index in [1.165, 1.54) is 24.1 Å². The van der Waals surface area contributed by atoms with Gasteiger partial charge in [0.2, 0.25) is 0 Å². The van der Waals surface area contributed by atoms with Crippen LogP contribution in [0, 0.1) is 0 Å². The summed E-state index contributed by atoms with van der Waals surface area (Å²) in [6.07, 6.45) is 7.25. The molecule has 0 aliphatic carbocycles. The lowest BCUT2D eigenvalue weighted by atomic mass is 10.1. The molecule has 2 rings (SSSR count). The van der Waals surface area contributed by atoms with E-state index in [9.17, 15) is 0 Å². The second-order valence-electron chi connectivity index (χ2n) is 3.98. The van der Waals surface area contributed by atoms with E-state index in [0.717, 1.165) is 19.5 Å². The Kier molecular flexibility index (Phi) is 5.26. The Labute approximate surface area is 92.6 Å². The van der Waals surface area contributed by atoms with Gasteiger partial charge >= 0.3 is 0 Å². The third-order valence-corrected chi connectivity index (χ3v) is 2.55. The molecule has 0 bridgehead atoms. The summed E-state index contributed by atoms with van der Waals surface area (Å²) in [6, 6.07) is 0. The van der Waals surface area contributed by atoms with Crippen LogP contribution in [-0.2, 0) is 13.0 Å². The van der Waals surface area contributed by atoms with Crippen LogP contribution in [-0.4, -0.2) is 28.5 Å². The second kappa shape index (κ2) is 6.51. The Hall–Kier alpha value is -0.960. The molecule has 0 aromatic carbocycles. The Bertz CT molecular complexity index is 284. The highest BCUT2D eigenvalue weighted by Gasteiger charge is 2.12. The van der Waals surface area contributed by atoms with Crippen molar-refractivity contribution in [2.45, 2.75) is 39.7 Å². The third kappa shape index (κ3) is 3.96. The van der Waals surface area contributed by atoms with Crippen LogP contribution in [0.2, 0.25) is 0 Å². The van der Waals surface area contributed by atoms with Gasteiger partial charge in [0.25, 0.3) is 0 Å². The van der Waals surface area contributed by atoms with Crippen LogP contribution in [0.15, 0.2) is 12.5 Å². The molecule has 0 saturated heterocycles. The average Bonchev–Trinajstić information content (AvgIpc) is 2.29. The minimum absolute atomic E-state index is 0.996. The maximum absolute atomic E-state index is 4.22. The van der Waals surface area contributed by atoms with Crippen LogP contribution in [0.3, 0.4) is 0 Å². The van der Waals surface area contributed by atoms with Crippen molar-refractivity contribution >= 4 is 0 Å². The van der Waals surface area contributed by atoms with Crippen molar-refractivity contribution in [2.75, 3.05) is 13.6 Å². The largest absolute Gasteiger partial charge is 0.302 e. The van der Waals surface area contributed by atoms with Gasteiger partial charge < -0.3 is 4.90 Å². The Morgan fingerprint density at radius 1 is 1.33 bits per heavy atom. The fraction of sp³-hybridized carbons (Fsp3) is 0.667. The summed E-state index contributed by atoms with van der Waals surface area (Å²) in [7, 11) is 2.12. The Balaban J connectivity index is 0.000000245. The van der Waals surface area contributed by atoms with Crippen LogP contribution < -0.4 is 0 Å². The maximum atomic E-state index is 4.22. The second-order valence-corrected chi connectivity index (χ2v) is 3.98. The number of fused-ring (bicyclic) bond motifs is 1. The lowest BCUT2D eigenvalue weighted by molar-refractivity contribution is 0.309. The highest BCUT2D eigenvalue weighted by molar-refractivity contribution is 5.18. The fourth-order valence-corrected chi connectivity index (χ4v) is 1.41. The summed E-state index contributed by atoms with van der Waals surface area (Å²) in [5.74, 6) is 0. The topological polar surface area (TPSA) is 29.0 Å². The third-order valence-electron chi connectivity index (χ3n) is 2.55. The Morgan fingerprint density at radius 3 is 2.73 bits per heavy atom. The number of hydrogen-bond donors (Lipinski definition) is 0. The molecular formula is C12H21N3. The van der Waals surface area contributed by atoms with Crippen molar-refractivity contribution < 1.29 is 0 Å². The Morgan fingerprint density at radius 2 is 2.07 bits per heavy atom. The summed E-state index contributed by atoms with van der Waals surface area (Å²) in [5, 5.41) is 0. The van der Waals surface area contributed by atoms with E-state index in [-0.39, 0.29) is 0 Å². The highest BCUT2D eigenvalue weighted by Crippen LogP contribution is 2.12. The average molecular weight is 207 g/mol. The standard InChI is InChI=1S/C8H11N3.C4H10/c1-11-3-2-8-7(5-11)4-9-6-10-8;1-3-4-2/h4,6H,2-3,5H2,1H3;3-4H2,1-2H3. The van der Waals surface area contributed by atoms with Gasteiger partial charge in [-0.3, -0.25) is 0 Å². The molecule has 2 heterocycles. The number of unbranched alkanes of at least 4 members (excludes halogenated alkanes) is 1. The molecule has 0 radical (unpaired) electrons. The van der Waals surface area contributed by atoms with Crippen LogP contribution in [0.5, 0.6) is 0 Å². The molecular weight excluding hydrogens is 186 g/mol. The van der Waals surface area contributed by atoms with Crippen molar-refractivity contribution in [2.24, 2.45) is 0 Å². The first kappa shape index (κ1) is 12.1. The normalized spacial score (nSPS) is 15.1. The zero-order valence-corrected chi connectivity index (χ0v) is 10.0. The van der Waals surface area contributed by atoms with Crippen LogP contribution in [0.25, 0.3) is 0 Å². The lowest BCUT2D eigenvalue weighted by Gasteiger charge is -2.22. The summed E-state index contributed by atoms with van der Waals surface area (Å²) in [6.45, 7) is 6.47. The molecule has 0 N–H and O–H groups in total. The number of aromatic nitrogens is 2. The maximum Gasteiger partial charge on any atom is 0.115 e. The minimum atomic E-state index is 0.996. The molecule has 0 spiro atoms. The van der Waals surface area contributed by atoms with Crippen LogP contribution in [0.1, 0.15) is 37.9 Å². The van der Waals surface area contributed by atoms with Gasteiger partial charge in [-0.15, -0.1) is 0 Å². The summed E-state index contributed by atoms with van der Waals surface area (Å²) in [4.78, 5) is 10.5. The van der Waals surface area contributed by atoms with Crippen LogP contribution >= 0.6 is 0 Å². The van der Waals surface area contributed by atoms with Gasteiger partial charge in [0.1, 0.15) is 6.33 Å². The van der Waals surface area contributed by atoms with E-state index in [0.29, 0.717) is 0 Å². The monoisotopic (exact) mass is 207 g/mol. The number of nitrogens with zero attached hydrogens (tertiary/aromatic N) is 3. The van der Waals surface area contributed by atoms with E-state index in [2.05, 4.69) is 35.8 Å². The zero-order chi connectivity index (χ0) is 11.1. The summed E-state index contributed by atoms with van der Waals surface area (Å²) in [5.41, 5.74) is 2.50. The highest BCUT2D eigenvalue weighted by atomic mass is 15.1. The molecule has 84 valence electrons. The molecule has 0 saturated carbocycles. The predicted octanol–water partition coefficient (Wildman–Crippen LogP) is 2.27. The summed E-state index contributed by atoms with van der Waals surface area (Å²) < 4.78 is 0. The zero-order valence-electron chi connectivity index (χ0n) is 10.0. The van der Waals surface area contributed by atoms with Crippen molar-refractivity contribution in [3.05, 3.63) is 23.8 Å². The number of likely N-dealkylation sites (N-methyl/N-ethyl adjacent to an activating group) is 1. The van der Waals surface area contributed by atoms with Crippen LogP contribution in [0.4, 0.5) is 0 Å². The van der Waals surface area contributed by atoms with Gasteiger partial charge in [0, 0.05) is 37.0 Å². The molecule has 0 atom stereocenters. The van der Waals surface area contributed by atoms with E-state index in [1.54, 1.807) is 6.33 Å². The van der Waals surface area contributed by atoms with E-state index >= 15 is 0 Å². The van der Waals surface area contributed by atoms with E-state index in [4.69, 9.17) is 0 Å². The molecule has 1 aromatic heterocycles. The van der Waals surface area contributed by atoms with E-state index in [1.807, 2.05) is 6.20 Å². The first-order chi connectivity index (χ1) is 7.27. The van der Waals surface area contributed by atoms with Gasteiger partial charge in [0.15, 0.2) is 0 Å². The van der Waals surface area contributed by atoms with E-state index < -0.39 is 0 Å². The summed E-state index contributed by atoms with van der Waals surface area (Å²) >= 11 is 0. The molecule has 1 aromatic rings. The van der Waals surface area contributed by atoms with Crippen molar-refractivity contribution in [3.8, 4) is 0 Å². The first-order valence-electron chi connectivity index (χ1n) is 5.74. The van der Waals surface area contributed by atoms with Gasteiger partial charge in [0.05, 0.1) is 0 Å². The molecule has 1 aliphatic heterocycles. The lowest BCUT2D eigenvalue weighted by Crippen LogP contribution is -2.27. The minimum Gasteiger partial charge on any atom is -0.302 e. The van der Waals surface area contributed by atoms with Crippen molar-refractivity contribution in [1.29, 1.82) is 0 Å². The quantitative estimate of drug-likeness (QED) is 0.707. The molecule has 3 heteroatoms. The molecule has 15 heavy (non-hydrogen) atoms. The van der Waals surface area contributed by atoms with Crippen molar-refractivity contribution in [1.82, 2.24) is 14.9 Å². The SMILES string of the molecule is CCCC.CN1CCc2ncncc2C1.